The number of carbonyl (C=O) groups excluding carboxylic acids is 1. The number of ether oxygens (including phenoxy) is 2. The Hall–Kier alpha value is -2.67. The van der Waals surface area contributed by atoms with E-state index in [4.69, 9.17) is 4.74 Å². The molecule has 1 aromatic heterocycles. The predicted molar refractivity (Wildman–Crippen MR) is 107 cm³/mol. The third-order valence-electron chi connectivity index (χ3n) is 4.21. The number of hydrogen-bond donors (Lipinski definition) is 3. The van der Waals surface area contributed by atoms with Crippen molar-refractivity contribution >= 4 is 38.6 Å². The minimum Gasteiger partial charge on any atom is -0.496 e. The summed E-state index contributed by atoms with van der Waals surface area (Å²) in [6.45, 7) is 4.06. The zero-order chi connectivity index (χ0) is 18.8. The lowest BCUT2D eigenvalue weighted by Crippen LogP contribution is -2.29. The van der Waals surface area contributed by atoms with Gasteiger partial charge in [0.1, 0.15) is 5.75 Å². The molecule has 1 heterocycles. The molecule has 2 aromatic carbocycles. The van der Waals surface area contributed by atoms with Gasteiger partial charge >= 0.3 is 6.09 Å². The average Bonchev–Trinajstić information content (AvgIpc) is 2.94. The van der Waals surface area contributed by atoms with Crippen molar-refractivity contribution in [1.29, 1.82) is 0 Å². The predicted octanol–water partition coefficient (Wildman–Crippen LogP) is 4.91. The van der Waals surface area contributed by atoms with Gasteiger partial charge in [-0.05, 0) is 43.7 Å². The largest absolute Gasteiger partial charge is 0.496 e. The summed E-state index contributed by atoms with van der Waals surface area (Å²) in [5, 5.41) is 1.12. The standard InChI is InChI=1S/C19H20BrN3O3/c1-10-7-13(22-23-19(24)26-4)9-16(25-3)17(10)18-11(2)21-15-6-5-12(20)8-14(15)18/h5-9,21-22H,1-4H3,(H,23,24). The van der Waals surface area contributed by atoms with Crippen LogP contribution in [-0.4, -0.2) is 25.3 Å². The highest BCUT2D eigenvalue weighted by Crippen LogP contribution is 2.42. The van der Waals surface area contributed by atoms with Crippen LogP contribution in [0.3, 0.4) is 0 Å². The molecule has 3 aromatic rings. The molecule has 0 aliphatic rings. The number of hydrogen-bond acceptors (Lipinski definition) is 4. The lowest BCUT2D eigenvalue weighted by atomic mass is 9.96. The number of fused-ring (bicyclic) bond motifs is 1. The van der Waals surface area contributed by atoms with E-state index in [0.29, 0.717) is 11.4 Å². The average molecular weight is 418 g/mol. The number of nitrogens with one attached hydrogen (secondary N) is 3. The van der Waals surface area contributed by atoms with Crippen LogP contribution in [0.5, 0.6) is 5.75 Å². The van der Waals surface area contributed by atoms with Gasteiger partial charge in [-0.2, -0.15) is 0 Å². The highest BCUT2D eigenvalue weighted by molar-refractivity contribution is 9.10. The Balaban J connectivity index is 2.12. The second-order valence-electron chi connectivity index (χ2n) is 5.93. The van der Waals surface area contributed by atoms with E-state index >= 15 is 0 Å². The van der Waals surface area contributed by atoms with Crippen LogP contribution >= 0.6 is 15.9 Å². The number of anilines is 1. The SMILES string of the molecule is COC(=O)NNc1cc(C)c(-c2c(C)[nH]c3ccc(Br)cc23)c(OC)c1. The normalized spacial score (nSPS) is 10.7. The van der Waals surface area contributed by atoms with Crippen molar-refractivity contribution in [3.8, 4) is 16.9 Å². The molecule has 0 bridgehead atoms. The quantitative estimate of drug-likeness (QED) is 0.527. The van der Waals surface area contributed by atoms with Crippen molar-refractivity contribution in [2.24, 2.45) is 0 Å². The lowest BCUT2D eigenvalue weighted by Gasteiger charge is -2.16. The fourth-order valence-corrected chi connectivity index (χ4v) is 3.46. The molecule has 3 rings (SSSR count). The molecule has 0 radical (unpaired) electrons. The number of methoxy groups -OCH3 is 2. The molecule has 0 aliphatic heterocycles. The monoisotopic (exact) mass is 417 g/mol. The smallest absolute Gasteiger partial charge is 0.425 e. The van der Waals surface area contributed by atoms with E-state index in [9.17, 15) is 4.79 Å². The summed E-state index contributed by atoms with van der Waals surface area (Å²) in [4.78, 5) is 14.7. The maximum Gasteiger partial charge on any atom is 0.425 e. The molecule has 6 nitrogen and oxygen atoms in total. The molecular weight excluding hydrogens is 398 g/mol. The second kappa shape index (κ2) is 7.29. The van der Waals surface area contributed by atoms with Gasteiger partial charge in [-0.25, -0.2) is 10.2 Å². The second-order valence-corrected chi connectivity index (χ2v) is 6.84. The van der Waals surface area contributed by atoms with Crippen LogP contribution in [0.2, 0.25) is 0 Å². The number of H-pyrrole nitrogens is 1. The minimum absolute atomic E-state index is 0.567. The summed E-state index contributed by atoms with van der Waals surface area (Å²) in [6.07, 6.45) is -0.567. The van der Waals surface area contributed by atoms with E-state index in [1.165, 1.54) is 7.11 Å². The molecule has 0 aliphatic carbocycles. The number of amides is 1. The Morgan fingerprint density at radius 2 is 1.88 bits per heavy atom. The summed E-state index contributed by atoms with van der Waals surface area (Å²) < 4.78 is 11.2. The van der Waals surface area contributed by atoms with Crippen LogP contribution in [0, 0.1) is 13.8 Å². The first-order chi connectivity index (χ1) is 12.4. The first-order valence-corrected chi connectivity index (χ1v) is 8.80. The van der Waals surface area contributed by atoms with Gasteiger partial charge < -0.3 is 14.5 Å². The van der Waals surface area contributed by atoms with Gasteiger partial charge in [0.05, 0.1) is 19.9 Å². The summed E-state index contributed by atoms with van der Waals surface area (Å²) in [7, 11) is 2.94. The third kappa shape index (κ3) is 3.35. The van der Waals surface area contributed by atoms with Crippen LogP contribution in [0.25, 0.3) is 22.0 Å². The van der Waals surface area contributed by atoms with Crippen LogP contribution in [0.1, 0.15) is 11.3 Å². The van der Waals surface area contributed by atoms with Crippen molar-refractivity contribution < 1.29 is 14.3 Å². The molecule has 0 saturated heterocycles. The van der Waals surface area contributed by atoms with E-state index in [1.54, 1.807) is 7.11 Å². The van der Waals surface area contributed by atoms with Crippen LogP contribution in [0.4, 0.5) is 10.5 Å². The van der Waals surface area contributed by atoms with Crippen molar-refractivity contribution in [3.05, 3.63) is 46.1 Å². The van der Waals surface area contributed by atoms with E-state index in [0.717, 1.165) is 37.8 Å². The van der Waals surface area contributed by atoms with Crippen LogP contribution in [0.15, 0.2) is 34.8 Å². The van der Waals surface area contributed by atoms with Gasteiger partial charge in [0.2, 0.25) is 0 Å². The molecule has 3 N–H and O–H groups in total. The Kier molecular flexibility index (Phi) is 5.08. The molecule has 0 fully saturated rings. The van der Waals surface area contributed by atoms with Crippen molar-refractivity contribution in [2.45, 2.75) is 13.8 Å². The highest BCUT2D eigenvalue weighted by Gasteiger charge is 2.18. The molecule has 0 atom stereocenters. The molecule has 136 valence electrons. The zero-order valence-electron chi connectivity index (χ0n) is 15.0. The topological polar surface area (TPSA) is 75.4 Å². The lowest BCUT2D eigenvalue weighted by molar-refractivity contribution is 0.173. The van der Waals surface area contributed by atoms with Gasteiger partial charge in [0.25, 0.3) is 0 Å². The molecule has 0 unspecified atom stereocenters. The molecule has 1 amide bonds. The fourth-order valence-electron chi connectivity index (χ4n) is 3.10. The molecular formula is C19H20BrN3O3. The van der Waals surface area contributed by atoms with Gasteiger partial charge in [-0.15, -0.1) is 0 Å². The first-order valence-electron chi connectivity index (χ1n) is 8.01. The number of aromatic nitrogens is 1. The first kappa shape index (κ1) is 18.1. The van der Waals surface area contributed by atoms with Gasteiger partial charge in [-0.3, -0.25) is 5.43 Å². The maximum atomic E-state index is 11.3. The number of aromatic amines is 1. The summed E-state index contributed by atoms with van der Waals surface area (Å²) in [5.41, 5.74) is 11.2. The third-order valence-corrected chi connectivity index (χ3v) is 4.70. The molecule has 0 spiro atoms. The van der Waals surface area contributed by atoms with E-state index in [-0.39, 0.29) is 0 Å². The van der Waals surface area contributed by atoms with Gasteiger partial charge in [0, 0.05) is 38.3 Å². The Morgan fingerprint density at radius 1 is 1.12 bits per heavy atom. The highest BCUT2D eigenvalue weighted by atomic mass is 79.9. The fraction of sp³-hybridized carbons (Fsp3) is 0.211. The summed E-state index contributed by atoms with van der Waals surface area (Å²) in [5.74, 6) is 0.711. The van der Waals surface area contributed by atoms with Crippen LogP contribution < -0.4 is 15.6 Å². The Bertz CT molecular complexity index is 982. The van der Waals surface area contributed by atoms with E-state index in [1.807, 2.05) is 38.1 Å². The van der Waals surface area contributed by atoms with Crippen molar-refractivity contribution in [1.82, 2.24) is 10.4 Å². The van der Waals surface area contributed by atoms with Crippen molar-refractivity contribution in [2.75, 3.05) is 19.6 Å². The number of hydrazine groups is 1. The molecule has 7 heteroatoms. The molecule has 26 heavy (non-hydrogen) atoms. The Labute approximate surface area is 160 Å². The minimum atomic E-state index is -0.567. The number of benzene rings is 2. The number of rotatable bonds is 4. The van der Waals surface area contributed by atoms with Crippen molar-refractivity contribution in [3.63, 3.8) is 0 Å². The summed E-state index contributed by atoms with van der Waals surface area (Å²) >= 11 is 3.55. The van der Waals surface area contributed by atoms with Crippen LogP contribution in [-0.2, 0) is 4.74 Å². The van der Waals surface area contributed by atoms with E-state index in [2.05, 4.69) is 42.6 Å². The Morgan fingerprint density at radius 3 is 2.58 bits per heavy atom. The molecule has 0 saturated carbocycles. The van der Waals surface area contributed by atoms with E-state index < -0.39 is 6.09 Å². The summed E-state index contributed by atoms with van der Waals surface area (Å²) in [6, 6.07) is 9.95. The van der Waals surface area contributed by atoms with Gasteiger partial charge in [-0.1, -0.05) is 15.9 Å². The number of halogens is 1. The number of aryl methyl sites for hydroxylation is 2. The zero-order valence-corrected chi connectivity index (χ0v) is 16.6. The number of carbonyl (C=O) groups is 1. The van der Waals surface area contributed by atoms with Gasteiger partial charge in [0.15, 0.2) is 0 Å². The maximum absolute atomic E-state index is 11.3.